The molecule has 0 aromatic carbocycles. The Morgan fingerprint density at radius 1 is 1.47 bits per heavy atom. The number of sulfone groups is 1. The zero-order valence-corrected chi connectivity index (χ0v) is 12.0. The van der Waals surface area contributed by atoms with E-state index < -0.39 is 9.84 Å². The van der Waals surface area contributed by atoms with Crippen molar-refractivity contribution in [3.63, 3.8) is 0 Å². The lowest BCUT2D eigenvalue weighted by Crippen LogP contribution is -2.29. The van der Waals surface area contributed by atoms with Crippen LogP contribution in [-0.4, -0.2) is 46.6 Å². The van der Waals surface area contributed by atoms with Gasteiger partial charge in [-0.05, 0) is 32.1 Å². The second kappa shape index (κ2) is 6.00. The number of nitrogens with zero attached hydrogens (tertiary/aromatic N) is 3. The van der Waals surface area contributed by atoms with Gasteiger partial charge < -0.3 is 5.11 Å². The molecule has 2 unspecified atom stereocenters. The Morgan fingerprint density at radius 3 is 2.95 bits per heavy atom. The van der Waals surface area contributed by atoms with E-state index in [2.05, 4.69) is 10.3 Å². The highest BCUT2D eigenvalue weighted by molar-refractivity contribution is 7.91. The molecule has 1 aromatic rings. The van der Waals surface area contributed by atoms with Crippen LogP contribution >= 0.6 is 0 Å². The van der Waals surface area contributed by atoms with Gasteiger partial charge in [-0.3, -0.25) is 0 Å². The van der Waals surface area contributed by atoms with Gasteiger partial charge in [0.05, 0.1) is 17.0 Å². The highest BCUT2D eigenvalue weighted by atomic mass is 32.2. The Kier molecular flexibility index (Phi) is 4.57. The summed E-state index contributed by atoms with van der Waals surface area (Å²) in [5.41, 5.74) is 0.857. The molecule has 0 radical (unpaired) electrons. The van der Waals surface area contributed by atoms with Gasteiger partial charge in [0.1, 0.15) is 9.84 Å². The molecule has 1 N–H and O–H groups in total. The third-order valence-corrected chi connectivity index (χ3v) is 5.37. The maximum Gasteiger partial charge on any atom is 0.150 e. The number of aliphatic hydroxyl groups is 1. The minimum Gasteiger partial charge on any atom is -0.396 e. The van der Waals surface area contributed by atoms with Gasteiger partial charge in [-0.2, -0.15) is 0 Å². The average molecular weight is 287 g/mol. The Bertz CT molecular complexity index is 512. The summed E-state index contributed by atoms with van der Waals surface area (Å²) in [6.07, 6.45) is 7.82. The maximum absolute atomic E-state index is 11.6. The highest BCUT2D eigenvalue weighted by Crippen LogP contribution is 2.31. The lowest BCUT2D eigenvalue weighted by Gasteiger charge is -2.27. The van der Waals surface area contributed by atoms with Crippen LogP contribution in [0, 0.1) is 0 Å². The van der Waals surface area contributed by atoms with E-state index in [0.29, 0.717) is 19.3 Å². The molecule has 1 saturated carbocycles. The minimum absolute atomic E-state index is 0.129. The van der Waals surface area contributed by atoms with Gasteiger partial charge in [-0.25, -0.2) is 13.1 Å². The van der Waals surface area contributed by atoms with Gasteiger partial charge in [-0.1, -0.05) is 11.6 Å². The van der Waals surface area contributed by atoms with E-state index in [1.807, 2.05) is 6.20 Å². The van der Waals surface area contributed by atoms with Gasteiger partial charge in [0, 0.05) is 19.1 Å². The second-order valence-electron chi connectivity index (χ2n) is 5.29. The third kappa shape index (κ3) is 3.76. The molecule has 1 heterocycles. The number of hydrogen-bond donors (Lipinski definition) is 1. The molecule has 19 heavy (non-hydrogen) atoms. The summed E-state index contributed by atoms with van der Waals surface area (Å²) in [7, 11) is -2.97. The fourth-order valence-electron chi connectivity index (χ4n) is 2.62. The molecule has 0 bridgehead atoms. The molecule has 1 aromatic heterocycles. The highest BCUT2D eigenvalue weighted by Gasteiger charge is 2.30. The van der Waals surface area contributed by atoms with Crippen molar-refractivity contribution in [2.45, 2.75) is 49.8 Å². The first-order valence-corrected chi connectivity index (χ1v) is 8.66. The van der Waals surface area contributed by atoms with Crippen molar-refractivity contribution in [1.82, 2.24) is 15.0 Å². The molecular formula is C12H21N3O3S. The SMILES string of the molecule is CS(=O)(=O)C1CCCC(n2cc(CCCO)nn2)C1. The van der Waals surface area contributed by atoms with Gasteiger partial charge in [-0.15, -0.1) is 5.10 Å². The molecule has 2 rings (SSSR count). The molecule has 0 aliphatic heterocycles. The predicted octanol–water partition coefficient (Wildman–Crippen LogP) is 0.731. The number of aliphatic hydroxyl groups excluding tert-OH is 1. The van der Waals surface area contributed by atoms with E-state index in [9.17, 15) is 8.42 Å². The van der Waals surface area contributed by atoms with E-state index in [1.165, 1.54) is 6.26 Å². The fraction of sp³-hybridized carbons (Fsp3) is 0.833. The number of hydrogen-bond acceptors (Lipinski definition) is 5. The molecule has 0 amide bonds. The fourth-order valence-corrected chi connectivity index (χ4v) is 3.78. The van der Waals surface area contributed by atoms with Gasteiger partial charge in [0.25, 0.3) is 0 Å². The van der Waals surface area contributed by atoms with Crippen molar-refractivity contribution in [3.8, 4) is 0 Å². The number of aryl methyl sites for hydroxylation is 1. The quantitative estimate of drug-likeness (QED) is 0.863. The molecule has 108 valence electrons. The van der Waals surface area contributed by atoms with Gasteiger partial charge in [0.2, 0.25) is 0 Å². The van der Waals surface area contributed by atoms with Crippen molar-refractivity contribution in [2.75, 3.05) is 12.9 Å². The summed E-state index contributed by atoms with van der Waals surface area (Å²) in [5, 5.41) is 16.7. The normalized spacial score (nSPS) is 24.5. The van der Waals surface area contributed by atoms with E-state index in [-0.39, 0.29) is 17.9 Å². The van der Waals surface area contributed by atoms with Crippen molar-refractivity contribution in [2.24, 2.45) is 0 Å². The molecule has 0 spiro atoms. The Morgan fingerprint density at radius 2 is 2.26 bits per heavy atom. The molecule has 7 heteroatoms. The van der Waals surface area contributed by atoms with Crippen LogP contribution in [0.2, 0.25) is 0 Å². The van der Waals surface area contributed by atoms with E-state index >= 15 is 0 Å². The molecule has 1 aliphatic carbocycles. The first-order valence-electron chi connectivity index (χ1n) is 6.71. The summed E-state index contributed by atoms with van der Waals surface area (Å²) in [5.74, 6) is 0. The first kappa shape index (κ1) is 14.5. The molecule has 1 fully saturated rings. The van der Waals surface area contributed by atoms with E-state index in [1.54, 1.807) is 4.68 Å². The lowest BCUT2D eigenvalue weighted by atomic mass is 9.95. The van der Waals surface area contributed by atoms with Crippen LogP contribution in [0.15, 0.2) is 6.20 Å². The summed E-state index contributed by atoms with van der Waals surface area (Å²) in [6.45, 7) is 0.145. The third-order valence-electron chi connectivity index (χ3n) is 3.73. The van der Waals surface area contributed by atoms with Crippen molar-refractivity contribution < 1.29 is 13.5 Å². The maximum atomic E-state index is 11.6. The zero-order chi connectivity index (χ0) is 13.9. The molecule has 2 atom stereocenters. The predicted molar refractivity (Wildman–Crippen MR) is 71.6 cm³/mol. The van der Waals surface area contributed by atoms with Gasteiger partial charge in [0.15, 0.2) is 0 Å². The summed E-state index contributed by atoms with van der Waals surface area (Å²) >= 11 is 0. The van der Waals surface area contributed by atoms with Crippen LogP contribution in [0.1, 0.15) is 43.8 Å². The second-order valence-corrected chi connectivity index (χ2v) is 7.61. The largest absolute Gasteiger partial charge is 0.396 e. The lowest BCUT2D eigenvalue weighted by molar-refractivity contribution is 0.288. The van der Waals surface area contributed by atoms with Crippen molar-refractivity contribution in [1.29, 1.82) is 0 Å². The van der Waals surface area contributed by atoms with Crippen molar-refractivity contribution in [3.05, 3.63) is 11.9 Å². The molecular weight excluding hydrogens is 266 g/mol. The number of aromatic nitrogens is 3. The van der Waals surface area contributed by atoms with Crippen LogP contribution in [0.5, 0.6) is 0 Å². The molecule has 6 nitrogen and oxygen atoms in total. The van der Waals surface area contributed by atoms with Gasteiger partial charge >= 0.3 is 0 Å². The first-order chi connectivity index (χ1) is 9.00. The Labute approximate surface area is 113 Å². The van der Waals surface area contributed by atoms with Crippen molar-refractivity contribution >= 4 is 9.84 Å². The van der Waals surface area contributed by atoms with E-state index in [0.717, 1.165) is 25.0 Å². The van der Waals surface area contributed by atoms with E-state index in [4.69, 9.17) is 5.11 Å². The molecule has 1 aliphatic rings. The monoisotopic (exact) mass is 287 g/mol. The average Bonchev–Trinajstić information content (AvgIpc) is 2.84. The van der Waals surface area contributed by atoms with Crippen LogP contribution in [0.3, 0.4) is 0 Å². The Balaban J connectivity index is 2.03. The standard InChI is InChI=1S/C12H21N3O3S/c1-19(17,18)12-6-2-5-11(8-12)15-9-10(13-14-15)4-3-7-16/h9,11-12,16H,2-8H2,1H3. The van der Waals surface area contributed by atoms with Crippen LogP contribution in [0.25, 0.3) is 0 Å². The topological polar surface area (TPSA) is 85.1 Å². The Hall–Kier alpha value is -0.950. The molecule has 0 saturated heterocycles. The summed E-state index contributed by atoms with van der Waals surface area (Å²) < 4.78 is 25.1. The smallest absolute Gasteiger partial charge is 0.150 e. The van der Waals surface area contributed by atoms with Crippen LogP contribution in [-0.2, 0) is 16.3 Å². The zero-order valence-electron chi connectivity index (χ0n) is 11.2. The summed E-state index contributed by atoms with van der Waals surface area (Å²) in [6, 6.07) is 0.129. The van der Waals surface area contributed by atoms with Crippen LogP contribution in [0.4, 0.5) is 0 Å². The van der Waals surface area contributed by atoms with Crippen LogP contribution < -0.4 is 0 Å². The number of rotatable bonds is 5. The minimum atomic E-state index is -2.97. The summed E-state index contributed by atoms with van der Waals surface area (Å²) in [4.78, 5) is 0.